The van der Waals surface area contributed by atoms with Gasteiger partial charge in [0, 0.05) is 32.2 Å². The molecule has 6 heteroatoms. The number of nitrogens with zero attached hydrogens (tertiary/aromatic N) is 2. The average Bonchev–Trinajstić information content (AvgIpc) is 2.47. The van der Waals surface area contributed by atoms with Gasteiger partial charge in [-0.05, 0) is 39.3 Å². The van der Waals surface area contributed by atoms with Gasteiger partial charge in [0.1, 0.15) is 5.60 Å². The summed E-state index contributed by atoms with van der Waals surface area (Å²) in [5.41, 5.74) is 0.625. The highest BCUT2D eigenvalue weighted by Crippen LogP contribution is 2.19. The molecule has 0 spiro atoms. The van der Waals surface area contributed by atoms with Gasteiger partial charge >= 0.3 is 12.1 Å². The van der Waals surface area contributed by atoms with Crippen LogP contribution in [0.25, 0.3) is 0 Å². The number of carboxylic acids is 1. The molecule has 0 aliphatic carbocycles. The van der Waals surface area contributed by atoms with Crippen LogP contribution in [0, 0.1) is 0 Å². The number of benzene rings is 1. The summed E-state index contributed by atoms with van der Waals surface area (Å²) in [5, 5.41) is 9.30. The van der Waals surface area contributed by atoms with Crippen molar-refractivity contribution in [2.45, 2.75) is 45.9 Å². The van der Waals surface area contributed by atoms with Gasteiger partial charge in [0.2, 0.25) is 0 Å². The average molecular weight is 334 g/mol. The molecule has 1 atom stereocenters. The fourth-order valence-corrected chi connectivity index (χ4v) is 2.81. The van der Waals surface area contributed by atoms with E-state index in [0.29, 0.717) is 31.7 Å². The number of carbonyl (C=O) groups is 2. The molecule has 1 N–H and O–H groups in total. The van der Waals surface area contributed by atoms with Crippen LogP contribution in [0.4, 0.5) is 4.79 Å². The van der Waals surface area contributed by atoms with Gasteiger partial charge in [-0.1, -0.05) is 18.2 Å². The first kappa shape index (κ1) is 18.3. The van der Waals surface area contributed by atoms with Crippen LogP contribution in [0.2, 0.25) is 0 Å². The molecule has 0 radical (unpaired) electrons. The highest BCUT2D eigenvalue weighted by Gasteiger charge is 2.30. The third-order valence-electron chi connectivity index (χ3n) is 4.04. The first-order valence-corrected chi connectivity index (χ1v) is 8.20. The Kier molecular flexibility index (Phi) is 5.49. The zero-order valence-corrected chi connectivity index (χ0v) is 14.8. The SMILES string of the molecule is CC1CN(C(=O)OC(C)(C)C)CCN1Cc1ccccc1C(=O)O. The van der Waals surface area contributed by atoms with E-state index in [-0.39, 0.29) is 12.1 Å². The Balaban J connectivity index is 2.00. The summed E-state index contributed by atoms with van der Waals surface area (Å²) in [7, 11) is 0. The van der Waals surface area contributed by atoms with E-state index in [0.717, 1.165) is 5.56 Å². The number of hydrogen-bond acceptors (Lipinski definition) is 4. The number of rotatable bonds is 3. The largest absolute Gasteiger partial charge is 0.478 e. The Morgan fingerprint density at radius 3 is 2.50 bits per heavy atom. The molecule has 1 aromatic carbocycles. The smallest absolute Gasteiger partial charge is 0.410 e. The number of amides is 1. The molecule has 1 heterocycles. The van der Waals surface area contributed by atoms with Crippen molar-refractivity contribution in [2.24, 2.45) is 0 Å². The molecule has 1 saturated heterocycles. The molecule has 0 saturated carbocycles. The van der Waals surface area contributed by atoms with Gasteiger partial charge in [0.05, 0.1) is 5.56 Å². The highest BCUT2D eigenvalue weighted by atomic mass is 16.6. The minimum absolute atomic E-state index is 0.133. The lowest BCUT2D eigenvalue weighted by Crippen LogP contribution is -2.54. The van der Waals surface area contributed by atoms with E-state index >= 15 is 0 Å². The van der Waals surface area contributed by atoms with Crippen molar-refractivity contribution in [3.63, 3.8) is 0 Å². The van der Waals surface area contributed by atoms with Crippen molar-refractivity contribution >= 4 is 12.1 Å². The number of hydrogen-bond donors (Lipinski definition) is 1. The van der Waals surface area contributed by atoms with Crippen LogP contribution < -0.4 is 0 Å². The number of carboxylic acid groups (broad SMARTS) is 1. The Morgan fingerprint density at radius 2 is 1.92 bits per heavy atom. The van der Waals surface area contributed by atoms with E-state index in [4.69, 9.17) is 4.74 Å². The minimum atomic E-state index is -0.911. The van der Waals surface area contributed by atoms with Crippen molar-refractivity contribution < 1.29 is 19.4 Å². The van der Waals surface area contributed by atoms with Gasteiger partial charge < -0.3 is 14.7 Å². The predicted molar refractivity (Wildman–Crippen MR) is 91.1 cm³/mol. The van der Waals surface area contributed by atoms with Crippen LogP contribution in [0.1, 0.15) is 43.6 Å². The van der Waals surface area contributed by atoms with Crippen molar-refractivity contribution in [2.75, 3.05) is 19.6 Å². The van der Waals surface area contributed by atoms with Gasteiger partial charge in [0.15, 0.2) is 0 Å². The zero-order chi connectivity index (χ0) is 17.9. The minimum Gasteiger partial charge on any atom is -0.478 e. The Labute approximate surface area is 143 Å². The third kappa shape index (κ3) is 4.71. The summed E-state index contributed by atoms with van der Waals surface area (Å²) < 4.78 is 5.42. The summed E-state index contributed by atoms with van der Waals surface area (Å²) in [6.07, 6.45) is -0.292. The maximum atomic E-state index is 12.2. The maximum absolute atomic E-state index is 12.2. The normalized spacial score (nSPS) is 19.2. The molecule has 1 aromatic rings. The second-order valence-corrected chi connectivity index (χ2v) is 7.21. The lowest BCUT2D eigenvalue weighted by Gasteiger charge is -2.40. The van der Waals surface area contributed by atoms with E-state index in [1.807, 2.05) is 39.8 Å². The van der Waals surface area contributed by atoms with Gasteiger partial charge in [-0.15, -0.1) is 0 Å². The predicted octanol–water partition coefficient (Wildman–Crippen LogP) is 2.83. The molecule has 0 aromatic heterocycles. The second kappa shape index (κ2) is 7.21. The molecule has 0 bridgehead atoms. The van der Waals surface area contributed by atoms with Crippen molar-refractivity contribution in [1.82, 2.24) is 9.80 Å². The van der Waals surface area contributed by atoms with Crippen LogP contribution in [-0.2, 0) is 11.3 Å². The maximum Gasteiger partial charge on any atom is 0.410 e. The second-order valence-electron chi connectivity index (χ2n) is 7.21. The molecule has 1 fully saturated rings. The van der Waals surface area contributed by atoms with E-state index in [1.54, 1.807) is 17.0 Å². The summed E-state index contributed by atoms with van der Waals surface area (Å²) in [5.74, 6) is -0.911. The number of carbonyl (C=O) groups excluding carboxylic acids is 1. The van der Waals surface area contributed by atoms with Crippen LogP contribution >= 0.6 is 0 Å². The molecule has 1 unspecified atom stereocenters. The quantitative estimate of drug-likeness (QED) is 0.920. The standard InChI is InChI=1S/C18H26N2O4/c1-13-11-20(17(23)24-18(2,3)4)10-9-19(13)12-14-7-5-6-8-15(14)16(21)22/h5-8,13H,9-12H2,1-4H3,(H,21,22). The topological polar surface area (TPSA) is 70.1 Å². The number of aromatic carboxylic acids is 1. The van der Waals surface area contributed by atoms with E-state index < -0.39 is 11.6 Å². The molecule has 6 nitrogen and oxygen atoms in total. The van der Waals surface area contributed by atoms with Gasteiger partial charge in [-0.3, -0.25) is 4.90 Å². The Bertz CT molecular complexity index is 609. The Morgan fingerprint density at radius 1 is 1.25 bits per heavy atom. The molecule has 1 amide bonds. The van der Waals surface area contributed by atoms with Crippen molar-refractivity contribution in [3.05, 3.63) is 35.4 Å². The van der Waals surface area contributed by atoms with Gasteiger partial charge in [-0.25, -0.2) is 9.59 Å². The van der Waals surface area contributed by atoms with E-state index in [9.17, 15) is 14.7 Å². The summed E-state index contributed by atoms with van der Waals surface area (Å²) in [6, 6.07) is 7.18. The van der Waals surface area contributed by atoms with E-state index in [2.05, 4.69) is 4.90 Å². The molecular weight excluding hydrogens is 308 g/mol. The van der Waals surface area contributed by atoms with Crippen LogP contribution in [-0.4, -0.2) is 58.2 Å². The Hall–Kier alpha value is -2.08. The number of ether oxygens (including phenoxy) is 1. The number of piperazine rings is 1. The molecule has 24 heavy (non-hydrogen) atoms. The highest BCUT2D eigenvalue weighted by molar-refractivity contribution is 5.89. The van der Waals surface area contributed by atoms with Gasteiger partial charge in [0.25, 0.3) is 0 Å². The molecule has 2 rings (SSSR count). The fourth-order valence-electron chi connectivity index (χ4n) is 2.81. The van der Waals surface area contributed by atoms with Crippen LogP contribution in [0.3, 0.4) is 0 Å². The monoisotopic (exact) mass is 334 g/mol. The third-order valence-corrected chi connectivity index (χ3v) is 4.04. The molecular formula is C18H26N2O4. The lowest BCUT2D eigenvalue weighted by atomic mass is 10.1. The molecule has 132 valence electrons. The first-order chi connectivity index (χ1) is 11.2. The fraction of sp³-hybridized carbons (Fsp3) is 0.556. The summed E-state index contributed by atoms with van der Waals surface area (Å²) in [4.78, 5) is 27.4. The zero-order valence-electron chi connectivity index (χ0n) is 14.8. The van der Waals surface area contributed by atoms with Crippen LogP contribution in [0.5, 0.6) is 0 Å². The van der Waals surface area contributed by atoms with Gasteiger partial charge in [-0.2, -0.15) is 0 Å². The lowest BCUT2D eigenvalue weighted by molar-refractivity contribution is 0.00459. The summed E-state index contributed by atoms with van der Waals surface area (Å²) >= 11 is 0. The van der Waals surface area contributed by atoms with Crippen LogP contribution in [0.15, 0.2) is 24.3 Å². The van der Waals surface area contributed by atoms with E-state index in [1.165, 1.54) is 0 Å². The van der Waals surface area contributed by atoms with Crippen molar-refractivity contribution in [3.8, 4) is 0 Å². The molecule has 1 aliphatic rings. The molecule has 1 aliphatic heterocycles. The van der Waals surface area contributed by atoms with Crippen molar-refractivity contribution in [1.29, 1.82) is 0 Å². The first-order valence-electron chi connectivity index (χ1n) is 8.20. The summed E-state index contributed by atoms with van der Waals surface area (Å²) in [6.45, 7) is 10.0.